The fourth-order valence-corrected chi connectivity index (χ4v) is 2.80. The summed E-state index contributed by atoms with van der Waals surface area (Å²) in [4.78, 5) is 21.6. The summed E-state index contributed by atoms with van der Waals surface area (Å²) in [5.74, 6) is -0.137. The zero-order valence-corrected chi connectivity index (χ0v) is 11.3. The van der Waals surface area contributed by atoms with Crippen molar-refractivity contribution in [3.8, 4) is 0 Å². The molecule has 3 N–H and O–H groups in total. The van der Waals surface area contributed by atoms with Gasteiger partial charge >= 0.3 is 0 Å². The van der Waals surface area contributed by atoms with Crippen LogP contribution in [0, 0.1) is 10.1 Å². The Kier molecular flexibility index (Phi) is 3.25. The number of carbonyl (C=O) groups excluding carboxylic acids is 1. The van der Waals surface area contributed by atoms with Crippen molar-refractivity contribution in [2.45, 2.75) is 25.8 Å². The number of nitrogens with one attached hydrogen (secondary N) is 1. The number of carbonyl (C=O) groups is 1. The Bertz CT molecular complexity index is 545. The maximum atomic E-state index is 11.1. The molecule has 2 rings (SSSR count). The van der Waals surface area contributed by atoms with E-state index in [4.69, 9.17) is 5.73 Å². The molecule has 0 aliphatic heterocycles. The second-order valence-electron chi connectivity index (χ2n) is 4.32. The summed E-state index contributed by atoms with van der Waals surface area (Å²) >= 11 is 3.22. The molecule has 0 radical (unpaired) electrons. The second-order valence-corrected chi connectivity index (χ2v) is 5.18. The number of nitrogens with zero attached hydrogens (tertiary/aromatic N) is 1. The number of hydrogen-bond donors (Lipinski definition) is 2. The first-order valence-electron chi connectivity index (χ1n) is 5.41. The van der Waals surface area contributed by atoms with E-state index in [2.05, 4.69) is 21.2 Å². The number of nitrogens with two attached hydrogens (primary N) is 1. The van der Waals surface area contributed by atoms with Gasteiger partial charge in [0.2, 0.25) is 5.91 Å². The van der Waals surface area contributed by atoms with Gasteiger partial charge in [-0.05, 0) is 34.0 Å². The molecule has 1 aromatic rings. The summed E-state index contributed by atoms with van der Waals surface area (Å²) in [7, 11) is 0. The van der Waals surface area contributed by atoms with E-state index in [1.807, 2.05) is 0 Å². The molecule has 1 unspecified atom stereocenters. The second kappa shape index (κ2) is 4.56. The van der Waals surface area contributed by atoms with Gasteiger partial charge in [0.05, 0.1) is 4.92 Å². The van der Waals surface area contributed by atoms with E-state index < -0.39 is 4.92 Å². The van der Waals surface area contributed by atoms with Crippen LogP contribution in [0.3, 0.4) is 0 Å². The minimum Gasteiger partial charge on any atom is -0.392 e. The number of nitro benzene ring substituents is 1. The molecule has 96 valence electrons. The van der Waals surface area contributed by atoms with Crippen molar-refractivity contribution < 1.29 is 9.72 Å². The standard InChI is InChI=1S/C11H12BrN3O3/c1-5(16)14-7-2-6-3-9(12)10(13)11(15(17)18)8(6)4-7/h3,7H,2,4,13H2,1H3,(H,14,16). The average Bonchev–Trinajstić information content (AvgIpc) is 2.59. The van der Waals surface area contributed by atoms with Gasteiger partial charge in [-0.2, -0.15) is 0 Å². The van der Waals surface area contributed by atoms with E-state index in [0.717, 1.165) is 5.56 Å². The fraction of sp³-hybridized carbons (Fsp3) is 0.364. The van der Waals surface area contributed by atoms with E-state index in [9.17, 15) is 14.9 Å². The quantitative estimate of drug-likeness (QED) is 0.491. The van der Waals surface area contributed by atoms with Gasteiger partial charge in [0.25, 0.3) is 5.69 Å². The van der Waals surface area contributed by atoms with Gasteiger partial charge in [0.15, 0.2) is 0 Å². The van der Waals surface area contributed by atoms with E-state index in [1.165, 1.54) is 6.92 Å². The molecular weight excluding hydrogens is 302 g/mol. The Labute approximate surface area is 112 Å². The van der Waals surface area contributed by atoms with Crippen LogP contribution in [0.25, 0.3) is 0 Å². The summed E-state index contributed by atoms with van der Waals surface area (Å²) < 4.78 is 0.524. The molecule has 1 amide bonds. The lowest BCUT2D eigenvalue weighted by Crippen LogP contribution is -2.33. The van der Waals surface area contributed by atoms with Crippen LogP contribution in [0.1, 0.15) is 18.1 Å². The number of halogens is 1. The zero-order valence-electron chi connectivity index (χ0n) is 9.70. The van der Waals surface area contributed by atoms with Crippen molar-refractivity contribution in [3.05, 3.63) is 31.8 Å². The Balaban J connectivity index is 2.43. The number of amides is 1. The molecule has 1 atom stereocenters. The lowest BCUT2D eigenvalue weighted by Gasteiger charge is -2.08. The van der Waals surface area contributed by atoms with E-state index >= 15 is 0 Å². The molecule has 0 bridgehead atoms. The molecule has 0 spiro atoms. The van der Waals surface area contributed by atoms with Gasteiger partial charge in [-0.25, -0.2) is 0 Å². The van der Waals surface area contributed by atoms with Gasteiger partial charge in [0, 0.05) is 29.4 Å². The van der Waals surface area contributed by atoms with Crippen molar-refractivity contribution in [2.75, 3.05) is 5.73 Å². The molecule has 0 saturated heterocycles. The van der Waals surface area contributed by atoms with Crippen LogP contribution in [-0.4, -0.2) is 16.9 Å². The number of nitrogen functional groups attached to an aromatic ring is 1. The van der Waals surface area contributed by atoms with Gasteiger partial charge in [-0.1, -0.05) is 0 Å². The van der Waals surface area contributed by atoms with Gasteiger partial charge in [-0.15, -0.1) is 0 Å². The van der Waals surface area contributed by atoms with E-state index in [-0.39, 0.29) is 23.3 Å². The normalized spacial score (nSPS) is 17.3. The number of nitro groups is 1. The lowest BCUT2D eigenvalue weighted by atomic mass is 10.1. The number of fused-ring (bicyclic) bond motifs is 1. The highest BCUT2D eigenvalue weighted by Crippen LogP contribution is 2.39. The van der Waals surface area contributed by atoms with Crippen molar-refractivity contribution in [2.24, 2.45) is 0 Å². The molecule has 0 fully saturated rings. The predicted octanol–water partition coefficient (Wildman–Crippen LogP) is 1.54. The maximum absolute atomic E-state index is 11.1. The van der Waals surface area contributed by atoms with Crippen LogP contribution in [0.5, 0.6) is 0 Å². The molecule has 18 heavy (non-hydrogen) atoms. The molecule has 6 nitrogen and oxygen atoms in total. The third-order valence-corrected chi connectivity index (χ3v) is 3.65. The fourth-order valence-electron chi connectivity index (χ4n) is 2.34. The molecule has 1 aliphatic rings. The summed E-state index contributed by atoms with van der Waals surface area (Å²) in [6, 6.07) is 1.70. The Hall–Kier alpha value is -1.63. The van der Waals surface area contributed by atoms with E-state index in [1.54, 1.807) is 6.07 Å². The zero-order chi connectivity index (χ0) is 13.4. The van der Waals surface area contributed by atoms with Crippen molar-refractivity contribution in [3.63, 3.8) is 0 Å². The summed E-state index contributed by atoms with van der Waals surface area (Å²) in [6.45, 7) is 1.43. The first-order valence-corrected chi connectivity index (χ1v) is 6.20. The van der Waals surface area contributed by atoms with Gasteiger partial charge in [-0.3, -0.25) is 14.9 Å². The minimum absolute atomic E-state index is 0.0489. The van der Waals surface area contributed by atoms with Crippen molar-refractivity contribution >= 4 is 33.2 Å². The van der Waals surface area contributed by atoms with Crippen molar-refractivity contribution in [1.82, 2.24) is 5.32 Å². The molecular formula is C11H12BrN3O3. The van der Waals surface area contributed by atoms with Crippen LogP contribution in [-0.2, 0) is 17.6 Å². The summed E-state index contributed by atoms with van der Waals surface area (Å²) in [5, 5.41) is 13.9. The number of rotatable bonds is 2. The predicted molar refractivity (Wildman–Crippen MR) is 70.2 cm³/mol. The van der Waals surface area contributed by atoms with Crippen LogP contribution in [0.4, 0.5) is 11.4 Å². The van der Waals surface area contributed by atoms with Gasteiger partial charge in [0.1, 0.15) is 5.69 Å². The van der Waals surface area contributed by atoms with Crippen LogP contribution in [0.15, 0.2) is 10.5 Å². The third kappa shape index (κ3) is 2.17. The Morgan fingerprint density at radius 1 is 1.61 bits per heavy atom. The van der Waals surface area contributed by atoms with Crippen LogP contribution in [0.2, 0.25) is 0 Å². The lowest BCUT2D eigenvalue weighted by molar-refractivity contribution is -0.384. The molecule has 7 heteroatoms. The Morgan fingerprint density at radius 2 is 2.28 bits per heavy atom. The SMILES string of the molecule is CC(=O)NC1Cc2cc(Br)c(N)c([N+](=O)[O-])c2C1. The summed E-state index contributed by atoms with van der Waals surface area (Å²) in [5.41, 5.74) is 7.31. The highest BCUT2D eigenvalue weighted by Gasteiger charge is 2.32. The summed E-state index contributed by atoms with van der Waals surface area (Å²) in [6.07, 6.45) is 1.04. The monoisotopic (exact) mass is 313 g/mol. The molecule has 0 heterocycles. The van der Waals surface area contributed by atoms with Gasteiger partial charge < -0.3 is 11.1 Å². The van der Waals surface area contributed by atoms with Crippen molar-refractivity contribution in [1.29, 1.82) is 0 Å². The molecule has 1 aliphatic carbocycles. The van der Waals surface area contributed by atoms with Crippen LogP contribution >= 0.6 is 15.9 Å². The first kappa shape index (κ1) is 12.8. The molecule has 0 saturated carbocycles. The minimum atomic E-state index is -0.463. The highest BCUT2D eigenvalue weighted by atomic mass is 79.9. The third-order valence-electron chi connectivity index (χ3n) is 2.99. The van der Waals surface area contributed by atoms with Crippen LogP contribution < -0.4 is 11.1 Å². The number of anilines is 1. The molecule has 0 aromatic heterocycles. The number of benzene rings is 1. The average molecular weight is 314 g/mol. The topological polar surface area (TPSA) is 98.3 Å². The maximum Gasteiger partial charge on any atom is 0.296 e. The number of hydrogen-bond acceptors (Lipinski definition) is 4. The molecule has 1 aromatic carbocycles. The largest absolute Gasteiger partial charge is 0.392 e. The Morgan fingerprint density at radius 3 is 2.83 bits per heavy atom. The first-order chi connectivity index (χ1) is 8.40. The smallest absolute Gasteiger partial charge is 0.296 e. The van der Waals surface area contributed by atoms with E-state index in [0.29, 0.717) is 22.9 Å². The highest BCUT2D eigenvalue weighted by molar-refractivity contribution is 9.10.